The van der Waals surface area contributed by atoms with Crippen molar-refractivity contribution in [1.82, 2.24) is 0 Å². The van der Waals surface area contributed by atoms with Gasteiger partial charge in [0.05, 0.1) is 5.69 Å². The van der Waals surface area contributed by atoms with E-state index in [0.717, 1.165) is 0 Å². The molecule has 0 aliphatic carbocycles. The molecule has 0 aliphatic rings. The van der Waals surface area contributed by atoms with Crippen LogP contribution >= 0.6 is 0 Å². The SMILES string of the molecule is O=C(COc1ccc(C(=O)c2ccccc2)cc1)Nc1ccccc1F. The maximum atomic E-state index is 13.5. The van der Waals surface area contributed by atoms with Gasteiger partial charge in [0.15, 0.2) is 12.4 Å². The van der Waals surface area contributed by atoms with Crippen LogP contribution in [0.3, 0.4) is 0 Å². The van der Waals surface area contributed by atoms with Gasteiger partial charge in [0, 0.05) is 11.1 Å². The lowest BCUT2D eigenvalue weighted by Crippen LogP contribution is -2.20. The molecule has 0 atom stereocenters. The normalized spacial score (nSPS) is 10.2. The number of carbonyl (C=O) groups excluding carboxylic acids is 2. The Morgan fingerprint density at radius 2 is 1.42 bits per heavy atom. The molecule has 1 amide bonds. The smallest absolute Gasteiger partial charge is 0.262 e. The number of benzene rings is 3. The van der Waals surface area contributed by atoms with Crippen LogP contribution in [0.1, 0.15) is 15.9 Å². The molecule has 0 spiro atoms. The lowest BCUT2D eigenvalue weighted by atomic mass is 10.0. The van der Waals surface area contributed by atoms with E-state index in [2.05, 4.69) is 5.32 Å². The summed E-state index contributed by atoms with van der Waals surface area (Å²) in [6.45, 7) is -0.264. The first-order chi connectivity index (χ1) is 12.6. The molecule has 0 unspecified atom stereocenters. The van der Waals surface area contributed by atoms with E-state index in [9.17, 15) is 14.0 Å². The molecule has 3 aromatic carbocycles. The van der Waals surface area contributed by atoms with Gasteiger partial charge in [-0.2, -0.15) is 0 Å². The van der Waals surface area contributed by atoms with E-state index in [1.807, 2.05) is 6.07 Å². The molecule has 0 bridgehead atoms. The Morgan fingerprint density at radius 3 is 2.12 bits per heavy atom. The third-order valence-electron chi connectivity index (χ3n) is 3.67. The molecule has 0 radical (unpaired) electrons. The van der Waals surface area contributed by atoms with Crippen molar-refractivity contribution in [3.8, 4) is 5.75 Å². The second-order valence-corrected chi connectivity index (χ2v) is 5.54. The monoisotopic (exact) mass is 349 g/mol. The standard InChI is InChI=1S/C21H16FNO3/c22-18-8-4-5-9-19(18)23-20(24)14-26-17-12-10-16(11-13-17)21(25)15-6-2-1-3-7-15/h1-13H,14H2,(H,23,24). The van der Waals surface area contributed by atoms with Crippen LogP contribution in [0.15, 0.2) is 78.9 Å². The molecule has 0 fully saturated rings. The Balaban J connectivity index is 1.57. The van der Waals surface area contributed by atoms with Crippen molar-refractivity contribution >= 4 is 17.4 Å². The lowest BCUT2D eigenvalue weighted by Gasteiger charge is -2.08. The summed E-state index contributed by atoms with van der Waals surface area (Å²) >= 11 is 0. The minimum absolute atomic E-state index is 0.0885. The van der Waals surface area contributed by atoms with E-state index in [1.165, 1.54) is 12.1 Å². The molecule has 0 heterocycles. The molecule has 130 valence electrons. The zero-order chi connectivity index (χ0) is 18.4. The number of amides is 1. The molecule has 4 nitrogen and oxygen atoms in total. The van der Waals surface area contributed by atoms with Gasteiger partial charge in [0.2, 0.25) is 0 Å². The van der Waals surface area contributed by atoms with E-state index in [1.54, 1.807) is 60.7 Å². The molecular weight excluding hydrogens is 333 g/mol. The van der Waals surface area contributed by atoms with Crippen LogP contribution in [0.2, 0.25) is 0 Å². The summed E-state index contributed by atoms with van der Waals surface area (Å²) in [5.41, 5.74) is 1.23. The Bertz CT molecular complexity index is 908. The minimum atomic E-state index is -0.510. The third kappa shape index (κ3) is 4.33. The van der Waals surface area contributed by atoms with Crippen molar-refractivity contribution in [3.63, 3.8) is 0 Å². The van der Waals surface area contributed by atoms with E-state index >= 15 is 0 Å². The number of anilines is 1. The number of carbonyl (C=O) groups is 2. The highest BCUT2D eigenvalue weighted by Gasteiger charge is 2.10. The maximum Gasteiger partial charge on any atom is 0.262 e. The van der Waals surface area contributed by atoms with Crippen LogP contribution in [0.25, 0.3) is 0 Å². The van der Waals surface area contributed by atoms with Gasteiger partial charge in [-0.05, 0) is 36.4 Å². The van der Waals surface area contributed by atoms with E-state index < -0.39 is 11.7 Å². The number of halogens is 1. The van der Waals surface area contributed by atoms with Crippen molar-refractivity contribution in [3.05, 3.63) is 95.8 Å². The molecule has 3 rings (SSSR count). The number of para-hydroxylation sites is 1. The average molecular weight is 349 g/mol. The second kappa shape index (κ2) is 8.07. The largest absolute Gasteiger partial charge is 0.484 e. The summed E-state index contributed by atoms with van der Waals surface area (Å²) in [6, 6.07) is 21.4. The van der Waals surface area contributed by atoms with Gasteiger partial charge in [-0.25, -0.2) is 4.39 Å². The fourth-order valence-electron chi connectivity index (χ4n) is 2.36. The highest BCUT2D eigenvalue weighted by Crippen LogP contribution is 2.16. The first kappa shape index (κ1) is 17.4. The van der Waals surface area contributed by atoms with Gasteiger partial charge in [0.1, 0.15) is 11.6 Å². The summed E-state index contributed by atoms with van der Waals surface area (Å²) in [6.07, 6.45) is 0. The van der Waals surface area contributed by atoms with Crippen molar-refractivity contribution in [1.29, 1.82) is 0 Å². The summed E-state index contributed by atoms with van der Waals surface area (Å²) in [4.78, 5) is 24.2. The van der Waals surface area contributed by atoms with Crippen LogP contribution in [0, 0.1) is 5.82 Å². The van der Waals surface area contributed by atoms with Crippen LogP contribution in [-0.4, -0.2) is 18.3 Å². The Kier molecular flexibility index (Phi) is 5.39. The van der Waals surface area contributed by atoms with E-state index in [-0.39, 0.29) is 18.1 Å². The number of hydrogen-bond donors (Lipinski definition) is 1. The van der Waals surface area contributed by atoms with Crippen molar-refractivity contribution < 1.29 is 18.7 Å². The van der Waals surface area contributed by atoms with Gasteiger partial charge >= 0.3 is 0 Å². The Hall–Kier alpha value is -3.47. The van der Waals surface area contributed by atoms with Crippen LogP contribution in [-0.2, 0) is 4.79 Å². The van der Waals surface area contributed by atoms with Gasteiger partial charge < -0.3 is 10.1 Å². The molecule has 0 aromatic heterocycles. The van der Waals surface area contributed by atoms with Crippen LogP contribution in [0.4, 0.5) is 10.1 Å². The molecule has 0 saturated carbocycles. The summed E-state index contributed by atoms with van der Waals surface area (Å²) in [7, 11) is 0. The van der Waals surface area contributed by atoms with Crippen LogP contribution in [0.5, 0.6) is 5.75 Å². The zero-order valence-corrected chi connectivity index (χ0v) is 13.8. The van der Waals surface area contributed by atoms with Crippen molar-refractivity contribution in [2.24, 2.45) is 0 Å². The van der Waals surface area contributed by atoms with Gasteiger partial charge in [-0.15, -0.1) is 0 Å². The molecule has 26 heavy (non-hydrogen) atoms. The molecular formula is C21H16FNO3. The summed E-state index contributed by atoms with van der Waals surface area (Å²) in [5.74, 6) is -0.628. The topological polar surface area (TPSA) is 55.4 Å². The fraction of sp³-hybridized carbons (Fsp3) is 0.0476. The number of rotatable bonds is 6. The van der Waals surface area contributed by atoms with Crippen molar-refractivity contribution in [2.75, 3.05) is 11.9 Å². The number of hydrogen-bond acceptors (Lipinski definition) is 3. The minimum Gasteiger partial charge on any atom is -0.484 e. The molecule has 3 aromatic rings. The lowest BCUT2D eigenvalue weighted by molar-refractivity contribution is -0.118. The zero-order valence-electron chi connectivity index (χ0n) is 13.8. The van der Waals surface area contributed by atoms with Gasteiger partial charge in [-0.1, -0.05) is 42.5 Å². The third-order valence-corrected chi connectivity index (χ3v) is 3.67. The van der Waals surface area contributed by atoms with Gasteiger partial charge in [0.25, 0.3) is 5.91 Å². The van der Waals surface area contributed by atoms with Crippen molar-refractivity contribution in [2.45, 2.75) is 0 Å². The molecule has 0 aliphatic heterocycles. The number of ether oxygens (including phenoxy) is 1. The highest BCUT2D eigenvalue weighted by molar-refractivity contribution is 6.09. The quantitative estimate of drug-likeness (QED) is 0.683. The Morgan fingerprint density at radius 1 is 0.808 bits per heavy atom. The predicted octanol–water partition coefficient (Wildman–Crippen LogP) is 4.07. The Labute approximate surface area is 150 Å². The van der Waals surface area contributed by atoms with Crippen LogP contribution < -0.4 is 10.1 Å². The number of nitrogens with one attached hydrogen (secondary N) is 1. The van der Waals surface area contributed by atoms with E-state index in [4.69, 9.17) is 4.74 Å². The first-order valence-electron chi connectivity index (χ1n) is 8.00. The fourth-order valence-corrected chi connectivity index (χ4v) is 2.36. The highest BCUT2D eigenvalue weighted by atomic mass is 19.1. The summed E-state index contributed by atoms with van der Waals surface area (Å²) in [5, 5.41) is 2.44. The van der Waals surface area contributed by atoms with Gasteiger partial charge in [-0.3, -0.25) is 9.59 Å². The molecule has 0 saturated heterocycles. The average Bonchev–Trinajstić information content (AvgIpc) is 2.69. The number of ketones is 1. The molecule has 1 N–H and O–H groups in total. The predicted molar refractivity (Wildman–Crippen MR) is 96.8 cm³/mol. The van der Waals surface area contributed by atoms with E-state index in [0.29, 0.717) is 16.9 Å². The first-order valence-corrected chi connectivity index (χ1v) is 8.00. The second-order valence-electron chi connectivity index (χ2n) is 5.54. The summed E-state index contributed by atoms with van der Waals surface area (Å²) < 4.78 is 18.9. The maximum absolute atomic E-state index is 13.5. The molecule has 5 heteroatoms.